The highest BCUT2D eigenvalue weighted by Crippen LogP contribution is 2.46. The van der Waals surface area contributed by atoms with Crippen molar-refractivity contribution in [1.82, 2.24) is 14.1 Å². The van der Waals surface area contributed by atoms with Gasteiger partial charge >= 0.3 is 17.8 Å². The number of amides is 4. The Kier molecular flexibility index (Phi) is 13.6. The van der Waals surface area contributed by atoms with Gasteiger partial charge in [0.05, 0.1) is 33.5 Å². The molecule has 0 aliphatic carbocycles. The summed E-state index contributed by atoms with van der Waals surface area (Å²) in [5.41, 5.74) is 2.09. The highest BCUT2D eigenvalue weighted by molar-refractivity contribution is 7.88. The second kappa shape index (κ2) is 19.4. The molecule has 4 N–H and O–H groups in total. The number of likely N-dealkylation sites (tertiary alicyclic amines) is 1. The number of nitroso groups, excluding NO2 is 1. The van der Waals surface area contributed by atoms with Gasteiger partial charge in [-0.15, -0.1) is 11.3 Å². The molecular formula is C44H43ClFN6O13S2+. The number of rotatable bonds is 16. The average Bonchev–Trinajstić information content (AvgIpc) is 3.79. The molecule has 3 saturated heterocycles. The van der Waals surface area contributed by atoms with Crippen LogP contribution < -0.4 is 20.1 Å². The molecule has 0 radical (unpaired) electrons. The summed E-state index contributed by atoms with van der Waals surface area (Å²) in [5, 5.41) is 24.5. The summed E-state index contributed by atoms with van der Waals surface area (Å²) in [6, 6.07) is 14.5. The number of anilines is 2. The number of halogens is 2. The van der Waals surface area contributed by atoms with E-state index in [2.05, 4.69) is 10.6 Å². The Balaban J connectivity index is 0.803. The van der Waals surface area contributed by atoms with E-state index in [9.17, 15) is 51.6 Å². The van der Waals surface area contributed by atoms with Crippen LogP contribution >= 0.6 is 22.9 Å². The molecule has 4 aliphatic rings. The van der Waals surface area contributed by atoms with Crippen molar-refractivity contribution in [3.8, 4) is 21.9 Å². The van der Waals surface area contributed by atoms with E-state index in [4.69, 9.17) is 26.2 Å². The Hall–Kier alpha value is -6.49. The van der Waals surface area contributed by atoms with Gasteiger partial charge in [-0.1, -0.05) is 35.9 Å². The number of fused-ring (bicyclic) bond motifs is 1. The lowest BCUT2D eigenvalue weighted by Gasteiger charge is -2.38. The molecular weight excluding hydrogens is 939 g/mol. The minimum Gasteiger partial charge on any atom is -0.483 e. The largest absolute Gasteiger partial charge is 0.483 e. The second-order valence-corrected chi connectivity index (χ2v) is 19.8. The Morgan fingerprint density at radius 2 is 1.70 bits per heavy atom. The van der Waals surface area contributed by atoms with Gasteiger partial charge in [0.2, 0.25) is 22.5 Å². The maximum atomic E-state index is 15.0. The van der Waals surface area contributed by atoms with Crippen molar-refractivity contribution >= 4 is 79.9 Å². The zero-order valence-corrected chi connectivity index (χ0v) is 37.8. The van der Waals surface area contributed by atoms with Crippen LogP contribution in [0, 0.1) is 16.6 Å². The SMILES string of the molecule is O=C(O)COc1c(C(=O)O)sc(-c2cccc(NC3CCN(S(=O)(=O)Cc4ccc(F)c(NC(=O)C5CN(C(=O)COc6cccc7c6CN(C6CCC[N+](=O)C6=O)C7=O)C5)c4)CC3)c2)c1Cl. The maximum absolute atomic E-state index is 15.0. The summed E-state index contributed by atoms with van der Waals surface area (Å²) in [4.78, 5) is 89.5. The van der Waals surface area contributed by atoms with Gasteiger partial charge in [0, 0.05) is 60.4 Å². The number of nitrogens with one attached hydrogen (secondary N) is 2. The molecule has 23 heteroatoms. The van der Waals surface area contributed by atoms with Crippen LogP contribution in [0.4, 0.5) is 15.8 Å². The molecule has 0 saturated carbocycles. The maximum Gasteiger partial charge on any atom is 0.455 e. The molecule has 1 aromatic heterocycles. The molecule has 1 unspecified atom stereocenters. The number of carbonyl (C=O) groups is 6. The van der Waals surface area contributed by atoms with Gasteiger partial charge in [-0.05, 0) is 66.8 Å². The van der Waals surface area contributed by atoms with E-state index in [0.717, 1.165) is 17.4 Å². The normalized spacial score (nSPS) is 18.1. The van der Waals surface area contributed by atoms with Crippen LogP contribution in [0.5, 0.6) is 11.5 Å². The molecule has 67 heavy (non-hydrogen) atoms. The van der Waals surface area contributed by atoms with Gasteiger partial charge in [0.1, 0.15) is 16.6 Å². The van der Waals surface area contributed by atoms with Crippen LogP contribution in [0.25, 0.3) is 10.4 Å². The predicted molar refractivity (Wildman–Crippen MR) is 239 cm³/mol. The molecule has 8 rings (SSSR count). The lowest BCUT2D eigenvalue weighted by atomic mass is 9.99. The number of hydrogen-bond acceptors (Lipinski definition) is 13. The second-order valence-electron chi connectivity index (χ2n) is 16.4. The first-order valence-corrected chi connectivity index (χ1v) is 23.9. The number of benzene rings is 3. The zero-order chi connectivity index (χ0) is 47.7. The monoisotopic (exact) mass is 981 g/mol. The van der Waals surface area contributed by atoms with E-state index >= 15 is 0 Å². The van der Waals surface area contributed by atoms with Gasteiger partial charge in [-0.2, -0.15) is 0 Å². The molecule has 3 fully saturated rings. The minimum atomic E-state index is -3.87. The lowest BCUT2D eigenvalue weighted by Crippen LogP contribution is -2.55. The number of thiophene rings is 1. The van der Waals surface area contributed by atoms with E-state index in [1.54, 1.807) is 42.5 Å². The first-order chi connectivity index (χ1) is 32.0. The van der Waals surface area contributed by atoms with Gasteiger partial charge in [-0.3, -0.25) is 14.4 Å². The highest BCUT2D eigenvalue weighted by atomic mass is 35.5. The van der Waals surface area contributed by atoms with E-state index in [-0.39, 0.29) is 78.0 Å². The van der Waals surface area contributed by atoms with Crippen molar-refractivity contribution in [3.63, 3.8) is 0 Å². The molecule has 1 atom stereocenters. The highest BCUT2D eigenvalue weighted by Gasteiger charge is 2.46. The van der Waals surface area contributed by atoms with E-state index in [1.165, 1.54) is 26.2 Å². The lowest BCUT2D eigenvalue weighted by molar-refractivity contribution is -0.480. The van der Waals surface area contributed by atoms with Crippen molar-refractivity contribution in [1.29, 1.82) is 0 Å². The van der Waals surface area contributed by atoms with Crippen molar-refractivity contribution in [3.05, 3.63) is 98.0 Å². The third-order valence-corrected chi connectivity index (χ3v) is 15.5. The molecule has 19 nitrogen and oxygen atoms in total. The smallest absolute Gasteiger partial charge is 0.455 e. The minimum absolute atomic E-state index is 0.0255. The number of piperidine rings is 2. The summed E-state index contributed by atoms with van der Waals surface area (Å²) in [6.45, 7) is -0.623. The zero-order valence-electron chi connectivity index (χ0n) is 35.4. The number of aliphatic carboxylic acids is 1. The fourth-order valence-corrected chi connectivity index (χ4v) is 11.4. The topological polar surface area (TPSA) is 249 Å². The van der Waals surface area contributed by atoms with Crippen LogP contribution in [0.15, 0.2) is 60.7 Å². The molecule has 4 aliphatic heterocycles. The number of hydrogen-bond donors (Lipinski definition) is 4. The average molecular weight is 982 g/mol. The van der Waals surface area contributed by atoms with Crippen molar-refractivity contribution < 1.29 is 66.0 Å². The number of nitrogens with zero attached hydrogens (tertiary/aromatic N) is 4. The van der Waals surface area contributed by atoms with Crippen LogP contribution in [0.3, 0.4) is 0 Å². The fraction of sp³-hybridized carbons (Fsp3) is 0.364. The van der Waals surface area contributed by atoms with Crippen molar-refractivity contribution in [2.24, 2.45) is 5.92 Å². The molecule has 4 aromatic rings. The Bertz CT molecular complexity index is 2810. The molecule has 0 spiro atoms. The van der Waals surface area contributed by atoms with Crippen molar-refractivity contribution in [2.45, 2.75) is 50.1 Å². The molecule has 0 bridgehead atoms. The van der Waals surface area contributed by atoms with Gasteiger partial charge in [0.25, 0.3) is 11.8 Å². The van der Waals surface area contributed by atoms with Crippen LogP contribution in [0.2, 0.25) is 5.02 Å². The summed E-state index contributed by atoms with van der Waals surface area (Å²) in [5.74, 6) is -6.53. The quantitative estimate of drug-likeness (QED) is 0.111. The number of sulfonamides is 1. The van der Waals surface area contributed by atoms with Crippen LogP contribution in [0.1, 0.15) is 56.8 Å². The summed E-state index contributed by atoms with van der Waals surface area (Å²) in [6.07, 6.45) is 1.72. The molecule has 3 aromatic carbocycles. The first kappa shape index (κ1) is 47.0. The Morgan fingerprint density at radius 3 is 2.43 bits per heavy atom. The molecule has 352 valence electrons. The van der Waals surface area contributed by atoms with E-state index in [1.807, 2.05) is 0 Å². The fourth-order valence-electron chi connectivity index (χ4n) is 8.45. The number of ether oxygens (including phenoxy) is 2. The standard InChI is InChI=1S/C44H42ClFN6O13S2/c45-37-38(65-22-36(54)55)40(44(59)60)66-39(37)25-4-1-5-28(17-25)47-27-11-14-50(15-12-27)67(62,63)23-24-9-10-31(46)32(16-24)48-41(56)26-18-49(19-26)35(53)21-64-34-8-2-6-29-30(34)20-51(42(29)57)33-7-3-13-52(61)43(33)58/h1-2,4-6,8-10,16-17,26-27,33,47H,3,7,11-15,18-23H2,(H2-,48,54,55,56,59,60)/p+1. The Morgan fingerprint density at radius 1 is 0.955 bits per heavy atom. The first-order valence-electron chi connectivity index (χ1n) is 21.1. The van der Waals surface area contributed by atoms with Gasteiger partial charge in [0.15, 0.2) is 29.9 Å². The summed E-state index contributed by atoms with van der Waals surface area (Å²) >= 11 is 7.31. The predicted octanol–water partition coefficient (Wildman–Crippen LogP) is 4.68. The van der Waals surface area contributed by atoms with Gasteiger partial charge < -0.3 is 40.1 Å². The van der Waals surface area contributed by atoms with Crippen LogP contribution in [-0.2, 0) is 41.5 Å². The number of carboxylic acids is 2. The third-order valence-electron chi connectivity index (χ3n) is 12.0. The summed E-state index contributed by atoms with van der Waals surface area (Å²) < 4.78 is 54.8. The summed E-state index contributed by atoms with van der Waals surface area (Å²) in [7, 11) is -3.87. The number of carboxylic acid groups (broad SMARTS) is 2. The number of carbonyl (C=O) groups excluding carboxylic acids is 4. The van der Waals surface area contributed by atoms with Gasteiger partial charge in [-0.25, -0.2) is 31.5 Å². The van der Waals surface area contributed by atoms with E-state index in [0.29, 0.717) is 57.7 Å². The van der Waals surface area contributed by atoms with Crippen LogP contribution in [-0.4, -0.2) is 131 Å². The third kappa shape index (κ3) is 10.1. The van der Waals surface area contributed by atoms with Crippen molar-refractivity contribution in [2.75, 3.05) is 56.6 Å². The van der Waals surface area contributed by atoms with E-state index < -0.39 is 82.3 Å². The molecule has 4 amide bonds. The molecule has 5 heterocycles. The number of aromatic carboxylic acids is 1. The Labute approximate surface area is 391 Å².